The third-order valence-electron chi connectivity index (χ3n) is 3.74. The van der Waals surface area contributed by atoms with Gasteiger partial charge >= 0.3 is 0 Å². The van der Waals surface area contributed by atoms with E-state index in [1.807, 2.05) is 24.8 Å². The molecule has 0 spiro atoms. The van der Waals surface area contributed by atoms with Crippen molar-refractivity contribution in [1.82, 2.24) is 5.32 Å². The van der Waals surface area contributed by atoms with Crippen LogP contribution in [0, 0.1) is 18.8 Å². The second-order valence-electron chi connectivity index (χ2n) is 5.22. The molecular formula is C16H21NO2S2. The molecule has 1 saturated carbocycles. The molecule has 5 heteroatoms. The molecule has 1 fully saturated rings. The molecule has 0 aromatic carbocycles. The first-order valence-electron chi connectivity index (χ1n) is 7.19. The molecule has 0 bridgehead atoms. The molecular weight excluding hydrogens is 302 g/mol. The zero-order valence-electron chi connectivity index (χ0n) is 12.4. The smallest absolute Gasteiger partial charge is 0.261 e. The lowest BCUT2D eigenvalue weighted by atomic mass is 9.95. The van der Waals surface area contributed by atoms with Crippen molar-refractivity contribution in [3.8, 4) is 11.8 Å². The van der Waals surface area contributed by atoms with Crippen molar-refractivity contribution in [2.45, 2.75) is 43.9 Å². The summed E-state index contributed by atoms with van der Waals surface area (Å²) < 4.78 is 0. The number of nitrogens with one attached hydrogen (secondary N) is 1. The summed E-state index contributed by atoms with van der Waals surface area (Å²) in [6.45, 7) is 1.79. The molecule has 2 N–H and O–H groups in total. The van der Waals surface area contributed by atoms with E-state index in [1.54, 1.807) is 0 Å². The molecule has 2 unspecified atom stereocenters. The Morgan fingerprint density at radius 3 is 3.00 bits per heavy atom. The van der Waals surface area contributed by atoms with Crippen LogP contribution in [0.3, 0.4) is 0 Å². The second kappa shape index (κ2) is 7.88. The van der Waals surface area contributed by atoms with Crippen LogP contribution in [0.2, 0.25) is 0 Å². The lowest BCUT2D eigenvalue weighted by Gasteiger charge is -2.30. The zero-order chi connectivity index (χ0) is 15.2. The maximum absolute atomic E-state index is 12.4. The maximum atomic E-state index is 12.4. The largest absolute Gasteiger partial charge is 0.384 e. The minimum atomic E-state index is -0.156. The number of aliphatic hydroxyl groups is 1. The number of carbonyl (C=O) groups excluding carboxylic acids is 1. The summed E-state index contributed by atoms with van der Waals surface area (Å²) in [7, 11) is 0. The number of thiophene rings is 1. The van der Waals surface area contributed by atoms with Gasteiger partial charge in [-0.3, -0.25) is 4.79 Å². The summed E-state index contributed by atoms with van der Waals surface area (Å²) in [5.41, 5.74) is 0.996. The first-order chi connectivity index (χ1) is 10.2. The lowest BCUT2D eigenvalue weighted by Crippen LogP contribution is -2.43. The lowest BCUT2D eigenvalue weighted by molar-refractivity contribution is 0.0933. The number of carbonyl (C=O) groups is 1. The average molecular weight is 323 g/mol. The van der Waals surface area contributed by atoms with Gasteiger partial charge in [0, 0.05) is 11.3 Å². The Kier molecular flexibility index (Phi) is 6.16. The predicted molar refractivity (Wildman–Crippen MR) is 90.0 cm³/mol. The van der Waals surface area contributed by atoms with Crippen molar-refractivity contribution in [3.63, 3.8) is 0 Å². The van der Waals surface area contributed by atoms with Crippen LogP contribution in [-0.4, -0.2) is 35.2 Å². The molecule has 1 aliphatic carbocycles. The number of aryl methyl sites for hydroxylation is 1. The Bertz CT molecular complexity index is 556. The van der Waals surface area contributed by atoms with Gasteiger partial charge in [-0.2, -0.15) is 11.8 Å². The molecule has 0 saturated heterocycles. The molecule has 2 rings (SSSR count). The van der Waals surface area contributed by atoms with Crippen LogP contribution in [0.4, 0.5) is 0 Å². The van der Waals surface area contributed by atoms with Crippen LogP contribution in [-0.2, 0) is 0 Å². The Balaban J connectivity index is 2.06. The number of amides is 1. The van der Waals surface area contributed by atoms with Crippen molar-refractivity contribution >= 4 is 29.0 Å². The first-order valence-corrected chi connectivity index (χ1v) is 9.30. The topological polar surface area (TPSA) is 49.3 Å². The number of aliphatic hydroxyl groups excluding tert-OH is 1. The highest BCUT2D eigenvalue weighted by Crippen LogP contribution is 2.28. The fourth-order valence-electron chi connectivity index (χ4n) is 2.62. The summed E-state index contributed by atoms with van der Waals surface area (Å²) in [6, 6.07) is 2.16. The number of rotatable bonds is 3. The fourth-order valence-corrected chi connectivity index (χ4v) is 4.51. The Labute approximate surface area is 134 Å². The quantitative estimate of drug-likeness (QED) is 0.841. The highest BCUT2D eigenvalue weighted by Gasteiger charge is 2.26. The summed E-state index contributed by atoms with van der Waals surface area (Å²) in [4.78, 5) is 14.0. The first kappa shape index (κ1) is 16.4. The minimum absolute atomic E-state index is 0.00565. The van der Waals surface area contributed by atoms with E-state index < -0.39 is 0 Å². The van der Waals surface area contributed by atoms with Gasteiger partial charge in [0.05, 0.1) is 9.75 Å². The number of thioether (sulfide) groups is 1. The Morgan fingerprint density at radius 1 is 1.52 bits per heavy atom. The Morgan fingerprint density at radius 2 is 2.29 bits per heavy atom. The monoisotopic (exact) mass is 323 g/mol. The molecule has 21 heavy (non-hydrogen) atoms. The number of hydrogen-bond acceptors (Lipinski definition) is 4. The summed E-state index contributed by atoms with van der Waals surface area (Å²) in [5, 5.41) is 12.5. The van der Waals surface area contributed by atoms with E-state index in [0.29, 0.717) is 10.1 Å². The van der Waals surface area contributed by atoms with Crippen LogP contribution >= 0.6 is 23.1 Å². The van der Waals surface area contributed by atoms with E-state index in [9.17, 15) is 4.79 Å². The van der Waals surface area contributed by atoms with Gasteiger partial charge < -0.3 is 10.4 Å². The van der Waals surface area contributed by atoms with Gasteiger partial charge in [0.15, 0.2) is 0 Å². The average Bonchev–Trinajstić information content (AvgIpc) is 2.87. The molecule has 114 valence electrons. The van der Waals surface area contributed by atoms with Gasteiger partial charge in [0.2, 0.25) is 0 Å². The molecule has 1 aromatic heterocycles. The maximum Gasteiger partial charge on any atom is 0.261 e. The standard InChI is InChI=1S/C16H21NO2S2/c1-11-10-15(21-13(11)8-5-9-18)16(19)17-12-6-3-4-7-14(12)20-2/h10,12,14,18H,3-4,6-7,9H2,1-2H3,(H,17,19). The third-order valence-corrected chi connectivity index (χ3v) is 6.07. The van der Waals surface area contributed by atoms with Gasteiger partial charge in [-0.1, -0.05) is 24.7 Å². The summed E-state index contributed by atoms with van der Waals surface area (Å²) in [5.74, 6) is 5.54. The molecule has 0 radical (unpaired) electrons. The summed E-state index contributed by atoms with van der Waals surface area (Å²) >= 11 is 3.25. The molecule has 2 atom stereocenters. The van der Waals surface area contributed by atoms with Crippen molar-refractivity contribution in [2.75, 3.05) is 12.9 Å². The van der Waals surface area contributed by atoms with Gasteiger partial charge in [-0.25, -0.2) is 0 Å². The molecule has 1 aromatic rings. The SMILES string of the molecule is CSC1CCCCC1NC(=O)c1cc(C)c(C#CCO)s1. The normalized spacial score (nSPS) is 21.5. The van der Waals surface area contributed by atoms with E-state index >= 15 is 0 Å². The van der Waals surface area contributed by atoms with Crippen molar-refractivity contribution in [2.24, 2.45) is 0 Å². The Hall–Kier alpha value is -0.960. The summed E-state index contributed by atoms with van der Waals surface area (Å²) in [6.07, 6.45) is 6.82. The molecule has 0 aliphatic heterocycles. The van der Waals surface area contributed by atoms with Crippen LogP contribution in [0.25, 0.3) is 0 Å². The fraction of sp³-hybridized carbons (Fsp3) is 0.562. The van der Waals surface area contributed by atoms with E-state index in [1.165, 1.54) is 30.6 Å². The molecule has 1 aliphatic rings. The van der Waals surface area contributed by atoms with E-state index in [4.69, 9.17) is 5.11 Å². The van der Waals surface area contributed by atoms with Crippen molar-refractivity contribution in [1.29, 1.82) is 0 Å². The van der Waals surface area contributed by atoms with E-state index in [2.05, 4.69) is 23.4 Å². The van der Waals surface area contributed by atoms with Crippen molar-refractivity contribution < 1.29 is 9.90 Å². The third kappa shape index (κ3) is 4.26. The van der Waals surface area contributed by atoms with Gasteiger partial charge in [0.1, 0.15) is 6.61 Å². The van der Waals surface area contributed by atoms with Gasteiger partial charge in [0.25, 0.3) is 5.91 Å². The van der Waals surface area contributed by atoms with E-state index in [-0.39, 0.29) is 18.6 Å². The van der Waals surface area contributed by atoms with Crippen LogP contribution in [0.15, 0.2) is 6.07 Å². The van der Waals surface area contributed by atoms with Gasteiger partial charge in [-0.05, 0) is 37.7 Å². The number of hydrogen-bond donors (Lipinski definition) is 2. The van der Waals surface area contributed by atoms with Crippen LogP contribution < -0.4 is 5.32 Å². The van der Waals surface area contributed by atoms with Crippen LogP contribution in [0.5, 0.6) is 0 Å². The van der Waals surface area contributed by atoms with E-state index in [0.717, 1.165) is 16.9 Å². The molecule has 3 nitrogen and oxygen atoms in total. The zero-order valence-corrected chi connectivity index (χ0v) is 14.1. The second-order valence-corrected chi connectivity index (χ2v) is 7.35. The van der Waals surface area contributed by atoms with Gasteiger partial charge in [-0.15, -0.1) is 11.3 Å². The van der Waals surface area contributed by atoms with Crippen LogP contribution in [0.1, 0.15) is 45.8 Å². The minimum Gasteiger partial charge on any atom is -0.384 e. The highest BCUT2D eigenvalue weighted by atomic mass is 32.2. The molecule has 1 amide bonds. The molecule has 1 heterocycles. The van der Waals surface area contributed by atoms with Crippen molar-refractivity contribution in [3.05, 3.63) is 21.4 Å². The predicted octanol–water partition coefficient (Wildman–Crippen LogP) is 2.80. The highest BCUT2D eigenvalue weighted by molar-refractivity contribution is 7.99.